The lowest BCUT2D eigenvalue weighted by molar-refractivity contribution is 0.0471. The van der Waals surface area contributed by atoms with Crippen molar-refractivity contribution in [1.82, 2.24) is 4.31 Å². The van der Waals surface area contributed by atoms with E-state index in [0.29, 0.717) is 13.1 Å². The zero-order valence-corrected chi connectivity index (χ0v) is 16.0. The number of sulfonamides is 1. The van der Waals surface area contributed by atoms with Crippen LogP contribution in [0.25, 0.3) is 0 Å². The first-order valence-electron chi connectivity index (χ1n) is 8.91. The van der Waals surface area contributed by atoms with Crippen molar-refractivity contribution in [3.63, 3.8) is 0 Å². The van der Waals surface area contributed by atoms with Gasteiger partial charge in [0.15, 0.2) is 0 Å². The van der Waals surface area contributed by atoms with E-state index in [1.165, 1.54) is 10.4 Å². The third-order valence-electron chi connectivity index (χ3n) is 4.72. The van der Waals surface area contributed by atoms with Gasteiger partial charge in [-0.05, 0) is 49.1 Å². The van der Waals surface area contributed by atoms with E-state index in [2.05, 4.69) is 0 Å². The van der Waals surface area contributed by atoms with Crippen molar-refractivity contribution in [1.29, 1.82) is 0 Å². The average molecular weight is 391 g/mol. The van der Waals surface area contributed by atoms with E-state index in [1.807, 2.05) is 31.2 Å². The number of hydrogen-bond acceptors (Lipinski definition) is 4. The van der Waals surface area contributed by atoms with Crippen LogP contribution in [0.2, 0.25) is 0 Å². The van der Waals surface area contributed by atoms with E-state index in [4.69, 9.17) is 4.74 Å². The Hall–Kier alpha value is -2.25. The number of halogens is 1. The molecule has 0 spiro atoms. The number of rotatable bonds is 5. The lowest BCUT2D eigenvalue weighted by atomic mass is 10.1. The van der Waals surface area contributed by atoms with Crippen molar-refractivity contribution in [2.24, 2.45) is 0 Å². The number of benzene rings is 2. The molecule has 2 aromatic carbocycles. The Kier molecular flexibility index (Phi) is 5.92. The molecule has 2 aromatic rings. The standard InChI is InChI=1S/C20H22FNO4S/c1-15-7-3-4-8-17(15)14-26-20(23)16-9-10-18(21)19(13-16)27(24,25)22-11-5-2-6-12-22/h3-4,7-10,13H,2,5-6,11-12,14H2,1H3. The second-order valence-electron chi connectivity index (χ2n) is 6.61. The second kappa shape index (κ2) is 8.19. The van der Waals surface area contributed by atoms with E-state index in [-0.39, 0.29) is 12.2 Å². The van der Waals surface area contributed by atoms with E-state index in [1.54, 1.807) is 0 Å². The minimum atomic E-state index is -3.97. The monoisotopic (exact) mass is 391 g/mol. The predicted octanol–water partition coefficient (Wildman–Crippen LogP) is 3.67. The zero-order valence-electron chi connectivity index (χ0n) is 15.2. The normalized spacial score (nSPS) is 15.5. The summed E-state index contributed by atoms with van der Waals surface area (Å²) < 4.78 is 46.3. The molecule has 0 aromatic heterocycles. The molecule has 5 nitrogen and oxygen atoms in total. The quantitative estimate of drug-likeness (QED) is 0.730. The minimum absolute atomic E-state index is 0.0144. The SMILES string of the molecule is Cc1ccccc1COC(=O)c1ccc(F)c(S(=O)(=O)N2CCCCC2)c1. The first kappa shape index (κ1) is 19.5. The molecule has 144 valence electrons. The Morgan fingerprint density at radius 3 is 2.52 bits per heavy atom. The molecule has 0 unspecified atom stereocenters. The van der Waals surface area contributed by atoms with Crippen LogP contribution in [0.5, 0.6) is 0 Å². The van der Waals surface area contributed by atoms with Crippen LogP contribution in [0, 0.1) is 12.7 Å². The third kappa shape index (κ3) is 4.36. The number of carbonyl (C=O) groups is 1. The molecular formula is C20H22FNO4S. The van der Waals surface area contributed by atoms with E-state index in [0.717, 1.165) is 42.5 Å². The summed E-state index contributed by atoms with van der Waals surface area (Å²) in [5.74, 6) is -1.55. The van der Waals surface area contributed by atoms with E-state index in [9.17, 15) is 17.6 Å². The molecule has 3 rings (SSSR count). The molecule has 0 N–H and O–H groups in total. The Morgan fingerprint density at radius 2 is 1.81 bits per heavy atom. The molecule has 0 aliphatic carbocycles. The topological polar surface area (TPSA) is 63.7 Å². The zero-order chi connectivity index (χ0) is 19.4. The van der Waals surface area contributed by atoms with Gasteiger partial charge in [-0.1, -0.05) is 30.7 Å². The summed E-state index contributed by atoms with van der Waals surface area (Å²) in [5, 5.41) is 0. The Bertz CT molecular complexity index is 937. The summed E-state index contributed by atoms with van der Waals surface area (Å²) in [5.41, 5.74) is 1.85. The van der Waals surface area contributed by atoms with Gasteiger partial charge >= 0.3 is 5.97 Å². The number of aryl methyl sites for hydroxylation is 1. The highest BCUT2D eigenvalue weighted by Gasteiger charge is 2.29. The van der Waals surface area contributed by atoms with Crippen molar-refractivity contribution >= 4 is 16.0 Å². The number of carbonyl (C=O) groups excluding carboxylic acids is 1. The fraction of sp³-hybridized carbons (Fsp3) is 0.350. The van der Waals surface area contributed by atoms with Crippen molar-refractivity contribution in [3.05, 3.63) is 65.0 Å². The molecule has 0 amide bonds. The molecule has 7 heteroatoms. The highest BCUT2D eigenvalue weighted by molar-refractivity contribution is 7.89. The van der Waals surface area contributed by atoms with E-state index < -0.39 is 26.7 Å². The number of ether oxygens (including phenoxy) is 1. The molecule has 27 heavy (non-hydrogen) atoms. The van der Waals surface area contributed by atoms with Crippen LogP contribution in [-0.4, -0.2) is 31.8 Å². The number of nitrogens with zero attached hydrogens (tertiary/aromatic N) is 1. The molecule has 0 atom stereocenters. The summed E-state index contributed by atoms with van der Waals surface area (Å²) in [6, 6.07) is 10.8. The molecule has 1 aliphatic rings. The van der Waals surface area contributed by atoms with Gasteiger partial charge in [0.1, 0.15) is 17.3 Å². The van der Waals surface area contributed by atoms with Crippen molar-refractivity contribution in [2.75, 3.05) is 13.1 Å². The van der Waals surface area contributed by atoms with Gasteiger partial charge in [0.25, 0.3) is 0 Å². The Morgan fingerprint density at radius 1 is 1.11 bits per heavy atom. The molecule has 0 saturated carbocycles. The summed E-state index contributed by atoms with van der Waals surface area (Å²) in [6.07, 6.45) is 2.46. The summed E-state index contributed by atoms with van der Waals surface area (Å²) >= 11 is 0. The largest absolute Gasteiger partial charge is 0.457 e. The highest BCUT2D eigenvalue weighted by Crippen LogP contribution is 2.24. The van der Waals surface area contributed by atoms with Crippen molar-refractivity contribution in [3.8, 4) is 0 Å². The number of hydrogen-bond donors (Lipinski definition) is 0. The number of piperidine rings is 1. The molecular weight excluding hydrogens is 369 g/mol. The fourth-order valence-electron chi connectivity index (χ4n) is 3.07. The summed E-state index contributed by atoms with van der Waals surface area (Å²) in [7, 11) is -3.97. The van der Waals surface area contributed by atoms with Gasteiger partial charge in [-0.25, -0.2) is 17.6 Å². The van der Waals surface area contributed by atoms with Crippen molar-refractivity contribution < 1.29 is 22.3 Å². The van der Waals surface area contributed by atoms with E-state index >= 15 is 0 Å². The fourth-order valence-corrected chi connectivity index (χ4v) is 4.68. The van der Waals surface area contributed by atoms with Crippen LogP contribution >= 0.6 is 0 Å². The second-order valence-corrected chi connectivity index (χ2v) is 8.52. The van der Waals surface area contributed by atoms with Crippen LogP contribution in [0.15, 0.2) is 47.4 Å². The summed E-state index contributed by atoms with van der Waals surface area (Å²) in [4.78, 5) is 11.9. The number of esters is 1. The van der Waals surface area contributed by atoms with Crippen LogP contribution in [-0.2, 0) is 21.4 Å². The smallest absolute Gasteiger partial charge is 0.338 e. The van der Waals surface area contributed by atoms with Crippen LogP contribution in [0.1, 0.15) is 40.7 Å². The van der Waals surface area contributed by atoms with Crippen LogP contribution < -0.4 is 0 Å². The molecule has 0 bridgehead atoms. The average Bonchev–Trinajstić information content (AvgIpc) is 2.68. The molecule has 1 aliphatic heterocycles. The van der Waals surface area contributed by atoms with Gasteiger partial charge in [0.05, 0.1) is 5.56 Å². The molecule has 1 saturated heterocycles. The van der Waals surface area contributed by atoms with Gasteiger partial charge in [0, 0.05) is 13.1 Å². The van der Waals surface area contributed by atoms with Crippen LogP contribution in [0.4, 0.5) is 4.39 Å². The van der Waals surface area contributed by atoms with Gasteiger partial charge < -0.3 is 4.74 Å². The van der Waals surface area contributed by atoms with Gasteiger partial charge in [-0.2, -0.15) is 4.31 Å². The molecule has 1 fully saturated rings. The first-order chi connectivity index (χ1) is 12.9. The third-order valence-corrected chi connectivity index (χ3v) is 6.63. The predicted molar refractivity (Wildman–Crippen MR) is 99.3 cm³/mol. The van der Waals surface area contributed by atoms with Gasteiger partial charge in [-0.15, -0.1) is 0 Å². The lowest BCUT2D eigenvalue weighted by Gasteiger charge is -2.26. The van der Waals surface area contributed by atoms with Crippen LogP contribution in [0.3, 0.4) is 0 Å². The maximum atomic E-state index is 14.2. The maximum absolute atomic E-state index is 14.2. The minimum Gasteiger partial charge on any atom is -0.457 e. The first-order valence-corrected chi connectivity index (χ1v) is 10.3. The van der Waals surface area contributed by atoms with Crippen molar-refractivity contribution in [2.45, 2.75) is 37.7 Å². The molecule has 0 radical (unpaired) electrons. The lowest BCUT2D eigenvalue weighted by Crippen LogP contribution is -2.36. The Labute approximate surface area is 158 Å². The summed E-state index contributed by atoms with van der Waals surface area (Å²) in [6.45, 7) is 2.70. The highest BCUT2D eigenvalue weighted by atomic mass is 32.2. The molecule has 1 heterocycles. The van der Waals surface area contributed by atoms with Gasteiger partial charge in [-0.3, -0.25) is 0 Å². The Balaban J connectivity index is 1.80. The van der Waals surface area contributed by atoms with Gasteiger partial charge in [0.2, 0.25) is 10.0 Å². The maximum Gasteiger partial charge on any atom is 0.338 e.